The van der Waals surface area contributed by atoms with Gasteiger partial charge in [-0.2, -0.15) is 0 Å². The van der Waals surface area contributed by atoms with E-state index in [1.54, 1.807) is 55.4 Å². The number of rotatable bonds is 6. The molecule has 0 atom stereocenters. The number of nitro benzene ring substituents is 1. The Balaban J connectivity index is 2.20. The summed E-state index contributed by atoms with van der Waals surface area (Å²) in [6, 6.07) is 11.3. The first kappa shape index (κ1) is 17.3. The zero-order valence-corrected chi connectivity index (χ0v) is 13.8. The number of nitrogens with one attached hydrogen (secondary N) is 1. The van der Waals surface area contributed by atoms with Crippen LogP contribution in [0, 0.1) is 10.1 Å². The van der Waals surface area contributed by atoms with Crippen LogP contribution in [0.3, 0.4) is 0 Å². The summed E-state index contributed by atoms with van der Waals surface area (Å²) >= 11 is 0. The van der Waals surface area contributed by atoms with E-state index in [4.69, 9.17) is 4.74 Å². The fourth-order valence-corrected chi connectivity index (χ4v) is 2.19. The lowest BCUT2D eigenvalue weighted by atomic mass is 10.1. The monoisotopic (exact) mass is 329 g/mol. The van der Waals surface area contributed by atoms with E-state index in [0.717, 1.165) is 0 Å². The molecular formula is C17H19N3O4. The molecule has 2 aromatic rings. The van der Waals surface area contributed by atoms with E-state index in [1.165, 1.54) is 6.07 Å². The van der Waals surface area contributed by atoms with Crippen molar-refractivity contribution >= 4 is 23.0 Å². The van der Waals surface area contributed by atoms with Gasteiger partial charge < -0.3 is 15.0 Å². The van der Waals surface area contributed by atoms with Crippen LogP contribution in [0.1, 0.15) is 17.3 Å². The minimum atomic E-state index is -0.497. The highest BCUT2D eigenvalue weighted by Crippen LogP contribution is 2.28. The molecule has 0 aliphatic carbocycles. The highest BCUT2D eigenvalue weighted by molar-refractivity contribution is 6.05. The third-order valence-corrected chi connectivity index (χ3v) is 3.34. The third-order valence-electron chi connectivity index (χ3n) is 3.34. The SMILES string of the molecule is CCOc1ccc(NC(=O)c2ccc(N(C)C)c([N+](=O)[O-])c2)cc1. The number of ether oxygens (including phenoxy) is 1. The molecule has 0 heterocycles. The molecule has 2 aromatic carbocycles. The first-order valence-corrected chi connectivity index (χ1v) is 7.42. The van der Waals surface area contributed by atoms with Gasteiger partial charge in [0, 0.05) is 31.4 Å². The van der Waals surface area contributed by atoms with Gasteiger partial charge in [0.25, 0.3) is 11.6 Å². The summed E-state index contributed by atoms with van der Waals surface area (Å²) in [6.07, 6.45) is 0. The summed E-state index contributed by atoms with van der Waals surface area (Å²) < 4.78 is 5.34. The van der Waals surface area contributed by atoms with Gasteiger partial charge in [-0.25, -0.2) is 0 Å². The maximum atomic E-state index is 12.3. The van der Waals surface area contributed by atoms with Crippen molar-refractivity contribution in [3.63, 3.8) is 0 Å². The van der Waals surface area contributed by atoms with E-state index in [-0.39, 0.29) is 11.3 Å². The van der Waals surface area contributed by atoms with Crippen molar-refractivity contribution in [3.8, 4) is 5.75 Å². The van der Waals surface area contributed by atoms with E-state index >= 15 is 0 Å². The van der Waals surface area contributed by atoms with E-state index in [0.29, 0.717) is 23.7 Å². The molecule has 0 aliphatic heterocycles. The maximum absolute atomic E-state index is 12.3. The molecule has 24 heavy (non-hydrogen) atoms. The Hall–Kier alpha value is -3.09. The van der Waals surface area contributed by atoms with Crippen LogP contribution < -0.4 is 15.0 Å². The number of nitro groups is 1. The van der Waals surface area contributed by atoms with Crippen LogP contribution in [0.4, 0.5) is 17.1 Å². The third kappa shape index (κ3) is 4.01. The van der Waals surface area contributed by atoms with Crippen molar-refractivity contribution in [1.82, 2.24) is 0 Å². The molecule has 0 saturated heterocycles. The van der Waals surface area contributed by atoms with Crippen LogP contribution >= 0.6 is 0 Å². The number of nitrogens with zero attached hydrogens (tertiary/aromatic N) is 2. The highest BCUT2D eigenvalue weighted by Gasteiger charge is 2.18. The van der Waals surface area contributed by atoms with Gasteiger partial charge >= 0.3 is 0 Å². The summed E-state index contributed by atoms with van der Waals surface area (Å²) in [4.78, 5) is 24.6. The fraction of sp³-hybridized carbons (Fsp3) is 0.235. The molecule has 0 bridgehead atoms. The Kier molecular flexibility index (Phi) is 5.36. The molecule has 0 saturated carbocycles. The summed E-state index contributed by atoms with van der Waals surface area (Å²) in [5.41, 5.74) is 1.14. The zero-order valence-electron chi connectivity index (χ0n) is 13.8. The maximum Gasteiger partial charge on any atom is 0.293 e. The van der Waals surface area contributed by atoms with Gasteiger partial charge in [-0.3, -0.25) is 14.9 Å². The van der Waals surface area contributed by atoms with Crippen LogP contribution in [0.5, 0.6) is 5.75 Å². The standard InChI is InChI=1S/C17H19N3O4/c1-4-24-14-8-6-13(7-9-14)18-17(21)12-5-10-15(19(2)3)16(11-12)20(22)23/h5-11H,4H2,1-3H3,(H,18,21). The van der Waals surface area contributed by atoms with Gasteiger partial charge in [0.1, 0.15) is 11.4 Å². The summed E-state index contributed by atoms with van der Waals surface area (Å²) in [5, 5.41) is 13.9. The number of benzene rings is 2. The number of carbonyl (C=O) groups excluding carboxylic acids is 1. The van der Waals surface area contributed by atoms with Crippen molar-refractivity contribution in [1.29, 1.82) is 0 Å². The molecule has 7 heteroatoms. The topological polar surface area (TPSA) is 84.7 Å². The lowest BCUT2D eigenvalue weighted by molar-refractivity contribution is -0.384. The van der Waals surface area contributed by atoms with E-state index in [9.17, 15) is 14.9 Å². The lowest BCUT2D eigenvalue weighted by Crippen LogP contribution is -2.15. The Morgan fingerprint density at radius 3 is 2.42 bits per heavy atom. The molecule has 126 valence electrons. The molecule has 0 fully saturated rings. The largest absolute Gasteiger partial charge is 0.494 e. The molecular weight excluding hydrogens is 310 g/mol. The molecule has 0 aliphatic rings. The first-order valence-electron chi connectivity index (χ1n) is 7.42. The molecule has 1 N–H and O–H groups in total. The molecule has 0 spiro atoms. The van der Waals surface area contributed by atoms with Gasteiger partial charge in [0.05, 0.1) is 11.5 Å². The molecule has 0 aromatic heterocycles. The number of hydrogen-bond donors (Lipinski definition) is 1. The van der Waals surface area contributed by atoms with Gasteiger partial charge in [-0.15, -0.1) is 0 Å². The molecule has 1 amide bonds. The number of amides is 1. The first-order chi connectivity index (χ1) is 11.4. The second-order valence-electron chi connectivity index (χ2n) is 5.27. The molecule has 0 radical (unpaired) electrons. The predicted molar refractivity (Wildman–Crippen MR) is 93.0 cm³/mol. The Labute approximate surface area is 140 Å². The van der Waals surface area contributed by atoms with Crippen molar-refractivity contribution in [3.05, 3.63) is 58.1 Å². The normalized spacial score (nSPS) is 10.1. The Bertz CT molecular complexity index is 742. The van der Waals surface area contributed by atoms with E-state index in [1.807, 2.05) is 6.92 Å². The molecule has 7 nitrogen and oxygen atoms in total. The van der Waals surface area contributed by atoms with Crippen LogP contribution in [0.25, 0.3) is 0 Å². The summed E-state index contributed by atoms with van der Waals surface area (Å²) in [5.74, 6) is 0.300. The van der Waals surface area contributed by atoms with Crippen LogP contribution in [-0.2, 0) is 0 Å². The van der Waals surface area contributed by atoms with Gasteiger partial charge in [-0.1, -0.05) is 0 Å². The second kappa shape index (κ2) is 7.45. The smallest absolute Gasteiger partial charge is 0.293 e. The van der Waals surface area contributed by atoms with Crippen molar-refractivity contribution in [2.75, 3.05) is 30.9 Å². The van der Waals surface area contributed by atoms with Gasteiger partial charge in [0.15, 0.2) is 0 Å². The minimum absolute atomic E-state index is 0.112. The zero-order chi connectivity index (χ0) is 17.7. The predicted octanol–water partition coefficient (Wildman–Crippen LogP) is 3.31. The van der Waals surface area contributed by atoms with Gasteiger partial charge in [0.2, 0.25) is 0 Å². The molecule has 0 unspecified atom stereocenters. The molecule has 2 rings (SSSR count). The average Bonchev–Trinajstić information content (AvgIpc) is 2.56. The van der Waals surface area contributed by atoms with Crippen molar-refractivity contribution < 1.29 is 14.5 Å². The lowest BCUT2D eigenvalue weighted by Gasteiger charge is -2.13. The number of hydrogen-bond acceptors (Lipinski definition) is 5. The summed E-state index contributed by atoms with van der Waals surface area (Å²) in [7, 11) is 3.42. The highest BCUT2D eigenvalue weighted by atomic mass is 16.6. The minimum Gasteiger partial charge on any atom is -0.494 e. The number of carbonyl (C=O) groups is 1. The quantitative estimate of drug-likeness (QED) is 0.649. The van der Waals surface area contributed by atoms with Crippen LogP contribution in [0.15, 0.2) is 42.5 Å². The van der Waals surface area contributed by atoms with Crippen LogP contribution in [0.2, 0.25) is 0 Å². The van der Waals surface area contributed by atoms with E-state index < -0.39 is 10.8 Å². The Morgan fingerprint density at radius 1 is 1.21 bits per heavy atom. The van der Waals surface area contributed by atoms with Crippen molar-refractivity contribution in [2.45, 2.75) is 6.92 Å². The fourth-order valence-electron chi connectivity index (χ4n) is 2.19. The van der Waals surface area contributed by atoms with Crippen molar-refractivity contribution in [2.24, 2.45) is 0 Å². The van der Waals surface area contributed by atoms with Crippen LogP contribution in [-0.4, -0.2) is 31.5 Å². The van der Waals surface area contributed by atoms with E-state index in [2.05, 4.69) is 5.32 Å². The second-order valence-corrected chi connectivity index (χ2v) is 5.27. The Morgan fingerprint density at radius 2 is 1.88 bits per heavy atom. The van der Waals surface area contributed by atoms with Gasteiger partial charge in [-0.05, 0) is 43.3 Å². The summed E-state index contributed by atoms with van der Waals surface area (Å²) in [6.45, 7) is 2.45. The average molecular weight is 329 g/mol. The number of anilines is 2.